The summed E-state index contributed by atoms with van der Waals surface area (Å²) in [5, 5.41) is 0. The van der Waals surface area contributed by atoms with Crippen molar-refractivity contribution in [2.24, 2.45) is 0 Å². The Kier molecular flexibility index (Phi) is 10.7. The first-order valence-electron chi connectivity index (χ1n) is 11.9. The maximum Gasteiger partial charge on any atom is 0.137 e. The van der Waals surface area contributed by atoms with Crippen LogP contribution in [0.1, 0.15) is 39.5 Å². The molecule has 0 heterocycles. The van der Waals surface area contributed by atoms with Gasteiger partial charge in [-0.3, -0.25) is 8.97 Å². The molecule has 0 saturated heterocycles. The molecule has 2 unspecified atom stereocenters. The number of hydrogen-bond acceptors (Lipinski definition) is 1. The molecule has 0 amide bonds. The molecule has 0 spiro atoms. The van der Waals surface area contributed by atoms with Crippen LogP contribution in [0.3, 0.4) is 0 Å². The third-order valence-electron chi connectivity index (χ3n) is 6.33. The molecule has 0 saturated carbocycles. The Morgan fingerprint density at radius 2 is 1.03 bits per heavy atom. The Bertz CT molecular complexity index is 696. The first-order valence-corrected chi connectivity index (χ1v) is 11.9. The lowest BCUT2D eigenvalue weighted by atomic mass is 10.2. The highest BCUT2D eigenvalue weighted by atomic mass is 16.5. The SMILES string of the molecule is C=C[N+](CCCC)(CCOCC[N+](C=C)(CCCC)c1ccccc1)c1ccccc1. The molecule has 0 bridgehead atoms. The normalized spacial score (nSPS) is 15.0. The number of hydrogen-bond donors (Lipinski definition) is 0. The van der Waals surface area contributed by atoms with E-state index in [1.165, 1.54) is 37.1 Å². The number of quaternary nitrogens is 2. The molecule has 168 valence electrons. The molecule has 2 aromatic carbocycles. The topological polar surface area (TPSA) is 9.23 Å². The Hall–Kier alpha value is -2.20. The highest BCUT2D eigenvalue weighted by molar-refractivity contribution is 5.45. The van der Waals surface area contributed by atoms with Gasteiger partial charge in [-0.05, 0) is 50.3 Å². The summed E-state index contributed by atoms with van der Waals surface area (Å²) < 4.78 is 7.76. The Morgan fingerprint density at radius 3 is 1.35 bits per heavy atom. The number of benzene rings is 2. The van der Waals surface area contributed by atoms with Crippen molar-refractivity contribution in [3.8, 4) is 0 Å². The second kappa shape index (κ2) is 13.3. The van der Waals surface area contributed by atoms with E-state index in [-0.39, 0.29) is 0 Å². The lowest BCUT2D eigenvalue weighted by Gasteiger charge is -2.35. The van der Waals surface area contributed by atoms with Crippen molar-refractivity contribution >= 4 is 11.4 Å². The standard InChI is InChI=1S/C28H42N2O/c1-5-9-21-29(7-3,27-17-13-11-14-18-27)23-25-31-26-24-30(8-4,22-10-6-2)28-19-15-12-16-20-28/h7-8,11-20H,3-6,9-10,21-26H2,1-2H3/q+2. The molecule has 2 aromatic rings. The van der Waals surface area contributed by atoms with Gasteiger partial charge >= 0.3 is 0 Å². The van der Waals surface area contributed by atoms with Crippen LogP contribution in [0.5, 0.6) is 0 Å². The van der Waals surface area contributed by atoms with E-state index in [0.717, 1.165) is 35.1 Å². The average molecular weight is 423 g/mol. The summed E-state index contributed by atoms with van der Waals surface area (Å²) in [7, 11) is 0. The smallest absolute Gasteiger partial charge is 0.137 e. The third-order valence-corrected chi connectivity index (χ3v) is 6.33. The van der Waals surface area contributed by atoms with Gasteiger partial charge in [-0.1, -0.05) is 63.1 Å². The van der Waals surface area contributed by atoms with Crippen molar-refractivity contribution in [3.05, 3.63) is 86.2 Å². The van der Waals surface area contributed by atoms with Crippen molar-refractivity contribution in [1.82, 2.24) is 8.97 Å². The van der Waals surface area contributed by atoms with Gasteiger partial charge in [0.25, 0.3) is 0 Å². The van der Waals surface area contributed by atoms with Crippen LogP contribution < -0.4 is 8.97 Å². The fraction of sp³-hybridized carbons (Fsp3) is 0.429. The molecule has 3 nitrogen and oxygen atoms in total. The summed E-state index contributed by atoms with van der Waals surface area (Å²) in [5.41, 5.74) is 2.58. The van der Waals surface area contributed by atoms with Gasteiger partial charge in [-0.2, -0.15) is 0 Å². The Morgan fingerprint density at radius 1 is 0.645 bits per heavy atom. The van der Waals surface area contributed by atoms with Crippen molar-refractivity contribution in [1.29, 1.82) is 0 Å². The second-order valence-electron chi connectivity index (χ2n) is 8.32. The Balaban J connectivity index is 2.02. The molecule has 0 N–H and O–H groups in total. The zero-order valence-corrected chi connectivity index (χ0v) is 19.7. The molecule has 31 heavy (non-hydrogen) atoms. The van der Waals surface area contributed by atoms with Crippen molar-refractivity contribution < 1.29 is 4.74 Å². The molecule has 0 radical (unpaired) electrons. The van der Waals surface area contributed by atoms with E-state index in [9.17, 15) is 0 Å². The van der Waals surface area contributed by atoms with Crippen molar-refractivity contribution in [2.75, 3.05) is 39.4 Å². The fourth-order valence-electron chi connectivity index (χ4n) is 4.20. The van der Waals surface area contributed by atoms with Crippen molar-refractivity contribution in [3.63, 3.8) is 0 Å². The zero-order chi connectivity index (χ0) is 22.4. The number of ether oxygens (including phenoxy) is 1. The lowest BCUT2D eigenvalue weighted by Crippen LogP contribution is -2.48. The minimum absolute atomic E-state index is 0.713. The van der Waals surface area contributed by atoms with Gasteiger partial charge in [0.05, 0.1) is 38.7 Å². The molecule has 2 atom stereocenters. The molecular weight excluding hydrogens is 380 g/mol. The monoisotopic (exact) mass is 422 g/mol. The van der Waals surface area contributed by atoms with E-state index in [4.69, 9.17) is 4.74 Å². The molecule has 0 fully saturated rings. The van der Waals surface area contributed by atoms with Crippen LogP contribution in [0.25, 0.3) is 0 Å². The van der Waals surface area contributed by atoms with Gasteiger partial charge in [0, 0.05) is 0 Å². The van der Waals surface area contributed by atoms with Gasteiger partial charge in [0.1, 0.15) is 24.5 Å². The summed E-state index contributed by atoms with van der Waals surface area (Å²) >= 11 is 0. The van der Waals surface area contributed by atoms with Crippen LogP contribution in [-0.4, -0.2) is 39.4 Å². The maximum absolute atomic E-state index is 6.22. The van der Waals surface area contributed by atoms with E-state index >= 15 is 0 Å². The second-order valence-corrected chi connectivity index (χ2v) is 8.32. The summed E-state index contributed by atoms with van der Waals surface area (Å²) in [6, 6.07) is 21.4. The average Bonchev–Trinajstić information content (AvgIpc) is 2.84. The van der Waals surface area contributed by atoms with Crippen molar-refractivity contribution in [2.45, 2.75) is 39.5 Å². The van der Waals surface area contributed by atoms with Crippen LogP contribution in [-0.2, 0) is 4.74 Å². The van der Waals surface area contributed by atoms with E-state index < -0.39 is 0 Å². The van der Waals surface area contributed by atoms with Crippen LogP contribution in [0.2, 0.25) is 0 Å². The minimum Gasteiger partial charge on any atom is -0.370 e. The lowest BCUT2D eigenvalue weighted by molar-refractivity contribution is 0.103. The predicted octanol–water partition coefficient (Wildman–Crippen LogP) is 6.91. The summed E-state index contributed by atoms with van der Waals surface area (Å²) in [6.07, 6.45) is 8.86. The van der Waals surface area contributed by atoms with E-state index in [2.05, 4.69) is 100 Å². The molecule has 3 heteroatoms. The first-order chi connectivity index (χ1) is 15.2. The van der Waals surface area contributed by atoms with Crippen LogP contribution in [0.4, 0.5) is 11.4 Å². The fourth-order valence-corrected chi connectivity index (χ4v) is 4.20. The molecule has 0 aliphatic heterocycles. The third kappa shape index (κ3) is 6.90. The molecular formula is C28H42N2O+2. The Labute approximate surface area is 190 Å². The first kappa shape index (κ1) is 25.1. The maximum atomic E-state index is 6.22. The quantitative estimate of drug-likeness (QED) is 0.211. The zero-order valence-electron chi connectivity index (χ0n) is 19.7. The molecule has 0 aromatic heterocycles. The number of unbranched alkanes of at least 4 members (excludes halogenated alkanes) is 2. The van der Waals surface area contributed by atoms with E-state index in [1.807, 2.05) is 0 Å². The van der Waals surface area contributed by atoms with Gasteiger partial charge in [0.15, 0.2) is 0 Å². The molecule has 2 rings (SSSR count). The van der Waals surface area contributed by atoms with E-state index in [1.54, 1.807) is 0 Å². The van der Waals surface area contributed by atoms with Crippen LogP contribution in [0, 0.1) is 0 Å². The summed E-state index contributed by atoms with van der Waals surface area (Å²) in [5.74, 6) is 0. The van der Waals surface area contributed by atoms with E-state index in [0.29, 0.717) is 13.2 Å². The van der Waals surface area contributed by atoms with Crippen LogP contribution >= 0.6 is 0 Å². The van der Waals surface area contributed by atoms with Gasteiger partial charge < -0.3 is 4.74 Å². The van der Waals surface area contributed by atoms with Gasteiger partial charge in [0.2, 0.25) is 0 Å². The molecule has 0 aliphatic rings. The molecule has 0 aliphatic carbocycles. The van der Waals surface area contributed by atoms with Crippen LogP contribution in [0.15, 0.2) is 86.2 Å². The highest BCUT2D eigenvalue weighted by Crippen LogP contribution is 2.26. The summed E-state index contributed by atoms with van der Waals surface area (Å²) in [4.78, 5) is 0. The number of para-hydroxylation sites is 2. The number of rotatable bonds is 16. The minimum atomic E-state index is 0.713. The summed E-state index contributed by atoms with van der Waals surface area (Å²) in [6.45, 7) is 18.2. The largest absolute Gasteiger partial charge is 0.370 e. The van der Waals surface area contributed by atoms with Gasteiger partial charge in [-0.25, -0.2) is 0 Å². The highest BCUT2D eigenvalue weighted by Gasteiger charge is 2.28. The predicted molar refractivity (Wildman–Crippen MR) is 137 cm³/mol. The van der Waals surface area contributed by atoms with Gasteiger partial charge in [-0.15, -0.1) is 0 Å². The number of nitrogens with zero attached hydrogens (tertiary/aromatic N) is 2.